The Hall–Kier alpha value is -1.26. The van der Waals surface area contributed by atoms with Gasteiger partial charge in [0.1, 0.15) is 5.60 Å². The van der Waals surface area contributed by atoms with Gasteiger partial charge in [0.2, 0.25) is 0 Å². The lowest BCUT2D eigenvalue weighted by atomic mass is 9.88. The average molecular weight is 311 g/mol. The number of hydrogen-bond donors (Lipinski definition) is 2. The maximum absolute atomic E-state index is 12.0. The lowest BCUT2D eigenvalue weighted by Crippen LogP contribution is -2.35. The molecule has 5 heteroatoms. The van der Waals surface area contributed by atoms with Gasteiger partial charge in [0.25, 0.3) is 0 Å². The van der Waals surface area contributed by atoms with Crippen LogP contribution in [0.2, 0.25) is 5.02 Å². The van der Waals surface area contributed by atoms with E-state index in [9.17, 15) is 4.79 Å². The minimum Gasteiger partial charge on any atom is -0.444 e. The number of rotatable bonds is 2. The number of nitrogens with one attached hydrogen (secondary N) is 1. The summed E-state index contributed by atoms with van der Waals surface area (Å²) in [6.45, 7) is 5.49. The number of halogens is 1. The Labute approximate surface area is 131 Å². The molecule has 0 radical (unpaired) electrons. The van der Waals surface area contributed by atoms with Gasteiger partial charge in [-0.05, 0) is 57.4 Å². The van der Waals surface area contributed by atoms with Crippen LogP contribution in [0.1, 0.15) is 52.0 Å². The second-order valence-corrected chi connectivity index (χ2v) is 7.12. The molecule has 1 aliphatic rings. The molecule has 3 N–H and O–H groups in total. The van der Waals surface area contributed by atoms with E-state index in [1.165, 1.54) is 0 Å². The molecule has 1 saturated carbocycles. The van der Waals surface area contributed by atoms with Crippen LogP contribution < -0.4 is 11.1 Å². The highest BCUT2D eigenvalue weighted by Gasteiger charge is 2.34. The molecule has 1 amide bonds. The molecule has 4 nitrogen and oxygen atoms in total. The Kier molecular flexibility index (Phi) is 4.49. The molecule has 1 aromatic carbocycles. The molecule has 1 fully saturated rings. The van der Waals surface area contributed by atoms with Crippen LogP contribution in [-0.2, 0) is 10.3 Å². The molecular formula is C16H23ClN2O2. The molecule has 1 aromatic rings. The summed E-state index contributed by atoms with van der Waals surface area (Å²) < 4.78 is 5.30. The van der Waals surface area contributed by atoms with Crippen LogP contribution in [0, 0.1) is 0 Å². The van der Waals surface area contributed by atoms with Crippen LogP contribution in [-0.4, -0.2) is 11.7 Å². The quantitative estimate of drug-likeness (QED) is 0.850. The van der Waals surface area contributed by atoms with E-state index < -0.39 is 17.2 Å². The van der Waals surface area contributed by atoms with Crippen LogP contribution in [0.4, 0.5) is 10.5 Å². The molecule has 1 aliphatic carbocycles. The Balaban J connectivity index is 2.25. The molecule has 116 valence electrons. The zero-order valence-corrected chi connectivity index (χ0v) is 13.6. The van der Waals surface area contributed by atoms with Gasteiger partial charge in [0, 0.05) is 16.2 Å². The fourth-order valence-corrected chi connectivity index (χ4v) is 2.90. The molecule has 0 aromatic heterocycles. The normalized spacial score (nSPS) is 17.6. The van der Waals surface area contributed by atoms with Gasteiger partial charge >= 0.3 is 6.09 Å². The Morgan fingerprint density at radius 1 is 1.33 bits per heavy atom. The van der Waals surface area contributed by atoms with Crippen molar-refractivity contribution in [3.8, 4) is 0 Å². The van der Waals surface area contributed by atoms with E-state index in [1.807, 2.05) is 26.8 Å². The van der Waals surface area contributed by atoms with E-state index in [0.717, 1.165) is 31.2 Å². The van der Waals surface area contributed by atoms with Crippen LogP contribution in [0.3, 0.4) is 0 Å². The van der Waals surface area contributed by atoms with E-state index >= 15 is 0 Å². The van der Waals surface area contributed by atoms with Crippen molar-refractivity contribution in [1.82, 2.24) is 0 Å². The average Bonchev–Trinajstić information content (AvgIpc) is 2.77. The topological polar surface area (TPSA) is 64.3 Å². The standard InChI is InChI=1S/C16H23ClN2O2/c1-15(2,3)21-14(20)19-13-7-6-11(17)10-12(13)16(18)8-4-5-9-16/h6-7,10H,4-5,8-9,18H2,1-3H3,(H,19,20). The Bertz CT molecular complexity index is 532. The summed E-state index contributed by atoms with van der Waals surface area (Å²) in [7, 11) is 0. The van der Waals surface area contributed by atoms with Gasteiger partial charge in [-0.3, -0.25) is 5.32 Å². The van der Waals surface area contributed by atoms with Gasteiger partial charge in [-0.2, -0.15) is 0 Å². The minimum absolute atomic E-state index is 0.421. The van der Waals surface area contributed by atoms with Gasteiger partial charge in [-0.15, -0.1) is 0 Å². The highest BCUT2D eigenvalue weighted by Crippen LogP contribution is 2.40. The molecule has 0 bridgehead atoms. The minimum atomic E-state index is -0.537. The van der Waals surface area contributed by atoms with Crippen molar-refractivity contribution >= 4 is 23.4 Å². The molecular weight excluding hydrogens is 288 g/mol. The molecule has 0 aliphatic heterocycles. The number of amides is 1. The Morgan fingerprint density at radius 2 is 1.95 bits per heavy atom. The number of nitrogens with two attached hydrogens (primary N) is 1. The van der Waals surface area contributed by atoms with Crippen LogP contribution in [0.15, 0.2) is 18.2 Å². The monoisotopic (exact) mass is 310 g/mol. The van der Waals surface area contributed by atoms with Crippen molar-refractivity contribution in [1.29, 1.82) is 0 Å². The Morgan fingerprint density at radius 3 is 2.52 bits per heavy atom. The lowest BCUT2D eigenvalue weighted by Gasteiger charge is -2.28. The van der Waals surface area contributed by atoms with Gasteiger partial charge in [0.05, 0.1) is 0 Å². The molecule has 21 heavy (non-hydrogen) atoms. The summed E-state index contributed by atoms with van der Waals surface area (Å²) in [6.07, 6.45) is 3.50. The van der Waals surface area contributed by atoms with E-state index in [0.29, 0.717) is 10.7 Å². The number of hydrogen-bond acceptors (Lipinski definition) is 3. The summed E-state index contributed by atoms with van der Waals surface area (Å²) in [6, 6.07) is 5.38. The SMILES string of the molecule is CC(C)(C)OC(=O)Nc1ccc(Cl)cc1C1(N)CCCC1. The smallest absolute Gasteiger partial charge is 0.412 e. The van der Waals surface area contributed by atoms with E-state index in [-0.39, 0.29) is 0 Å². The number of ether oxygens (including phenoxy) is 1. The second kappa shape index (κ2) is 5.85. The maximum Gasteiger partial charge on any atom is 0.412 e. The molecule has 0 saturated heterocycles. The first-order valence-electron chi connectivity index (χ1n) is 7.29. The molecule has 0 spiro atoms. The van der Waals surface area contributed by atoms with Crippen LogP contribution >= 0.6 is 11.6 Å². The van der Waals surface area contributed by atoms with Crippen molar-refractivity contribution in [2.45, 2.75) is 57.6 Å². The van der Waals surface area contributed by atoms with Crippen LogP contribution in [0.25, 0.3) is 0 Å². The predicted octanol–water partition coefficient (Wildman–Crippen LogP) is 4.42. The van der Waals surface area contributed by atoms with Crippen LogP contribution in [0.5, 0.6) is 0 Å². The first-order valence-corrected chi connectivity index (χ1v) is 7.66. The molecule has 0 heterocycles. The lowest BCUT2D eigenvalue weighted by molar-refractivity contribution is 0.0635. The van der Waals surface area contributed by atoms with Crippen molar-refractivity contribution < 1.29 is 9.53 Å². The van der Waals surface area contributed by atoms with Gasteiger partial charge in [0.15, 0.2) is 0 Å². The second-order valence-electron chi connectivity index (χ2n) is 6.68. The van der Waals surface area contributed by atoms with Crippen molar-refractivity contribution in [2.24, 2.45) is 5.73 Å². The summed E-state index contributed by atoms with van der Waals surface area (Å²) >= 11 is 6.10. The molecule has 0 unspecified atom stereocenters. The van der Waals surface area contributed by atoms with E-state index in [2.05, 4.69) is 5.32 Å². The largest absolute Gasteiger partial charge is 0.444 e. The number of carbonyl (C=O) groups excluding carboxylic acids is 1. The van der Waals surface area contributed by atoms with E-state index in [4.69, 9.17) is 22.1 Å². The van der Waals surface area contributed by atoms with E-state index in [1.54, 1.807) is 12.1 Å². The number of anilines is 1. The summed E-state index contributed by atoms with van der Waals surface area (Å²) in [4.78, 5) is 12.0. The molecule has 0 atom stereocenters. The van der Waals surface area contributed by atoms with Crippen molar-refractivity contribution in [3.05, 3.63) is 28.8 Å². The predicted molar refractivity (Wildman–Crippen MR) is 85.6 cm³/mol. The van der Waals surface area contributed by atoms with Crippen molar-refractivity contribution in [3.63, 3.8) is 0 Å². The number of carbonyl (C=O) groups is 1. The summed E-state index contributed by atoms with van der Waals surface area (Å²) in [5.41, 5.74) is 7.11. The maximum atomic E-state index is 12.0. The fraction of sp³-hybridized carbons (Fsp3) is 0.562. The summed E-state index contributed by atoms with van der Waals surface area (Å²) in [5, 5.41) is 3.42. The first-order chi connectivity index (χ1) is 9.70. The summed E-state index contributed by atoms with van der Waals surface area (Å²) in [5.74, 6) is 0. The fourth-order valence-electron chi connectivity index (χ4n) is 2.73. The van der Waals surface area contributed by atoms with Crippen molar-refractivity contribution in [2.75, 3.05) is 5.32 Å². The first kappa shape index (κ1) is 16.1. The third kappa shape index (κ3) is 4.11. The van der Waals surface area contributed by atoms with Gasteiger partial charge < -0.3 is 10.5 Å². The zero-order chi connectivity index (χ0) is 15.7. The van der Waals surface area contributed by atoms with Gasteiger partial charge in [-0.25, -0.2) is 4.79 Å². The number of benzene rings is 1. The molecule has 2 rings (SSSR count). The third-order valence-corrected chi connectivity index (χ3v) is 3.88. The highest BCUT2D eigenvalue weighted by atomic mass is 35.5. The highest BCUT2D eigenvalue weighted by molar-refractivity contribution is 6.30. The zero-order valence-electron chi connectivity index (χ0n) is 12.8. The van der Waals surface area contributed by atoms with Gasteiger partial charge in [-0.1, -0.05) is 24.4 Å². The third-order valence-electron chi connectivity index (χ3n) is 3.65.